The zero-order valence-electron chi connectivity index (χ0n) is 15.9. The number of carbonyl (C=O) groups excluding carboxylic acids is 1. The molecule has 24 heavy (non-hydrogen) atoms. The molecule has 0 radical (unpaired) electrons. The van der Waals surface area contributed by atoms with Crippen LogP contribution >= 0.6 is 0 Å². The van der Waals surface area contributed by atoms with Gasteiger partial charge in [-0.3, -0.25) is 4.79 Å². The van der Waals surface area contributed by atoms with E-state index < -0.39 is 0 Å². The van der Waals surface area contributed by atoms with Crippen molar-refractivity contribution in [1.29, 1.82) is 0 Å². The monoisotopic (exact) mass is 330 g/mol. The molecule has 0 aliphatic heterocycles. The summed E-state index contributed by atoms with van der Waals surface area (Å²) in [6.45, 7) is 8.94. The van der Waals surface area contributed by atoms with Gasteiger partial charge in [0.1, 0.15) is 6.10 Å². The lowest BCUT2D eigenvalue weighted by atomic mass is 9.45. The molecule has 0 heterocycles. The molecule has 0 aromatic carbocycles. The Morgan fingerprint density at radius 3 is 2.58 bits per heavy atom. The average molecular weight is 331 g/mol. The normalized spacial score (nSPS) is 50.3. The molecule has 134 valence electrons. The maximum absolute atomic E-state index is 11.5. The van der Waals surface area contributed by atoms with E-state index in [1.54, 1.807) is 12.5 Å². The van der Waals surface area contributed by atoms with Crippen LogP contribution < -0.4 is 0 Å². The molecule has 4 aliphatic rings. The topological polar surface area (TPSA) is 26.3 Å². The zero-order chi connectivity index (χ0) is 17.1. The van der Waals surface area contributed by atoms with Gasteiger partial charge in [-0.15, -0.1) is 0 Å². The number of esters is 1. The fourth-order valence-corrected chi connectivity index (χ4v) is 7.56. The summed E-state index contributed by atoms with van der Waals surface area (Å²) in [5, 5.41) is 0. The highest BCUT2D eigenvalue weighted by Crippen LogP contribution is 2.66. The van der Waals surface area contributed by atoms with Crippen LogP contribution in [-0.2, 0) is 9.53 Å². The minimum absolute atomic E-state index is 0.0901. The maximum Gasteiger partial charge on any atom is 0.302 e. The van der Waals surface area contributed by atoms with Crippen LogP contribution in [0.4, 0.5) is 0 Å². The highest BCUT2D eigenvalue weighted by molar-refractivity contribution is 5.66. The summed E-state index contributed by atoms with van der Waals surface area (Å²) in [5.41, 5.74) is 2.37. The van der Waals surface area contributed by atoms with E-state index in [1.807, 2.05) is 0 Å². The third-order valence-electron chi connectivity index (χ3n) is 8.70. The van der Waals surface area contributed by atoms with Crippen LogP contribution in [0.3, 0.4) is 0 Å². The van der Waals surface area contributed by atoms with E-state index in [-0.39, 0.29) is 17.5 Å². The number of hydrogen-bond donors (Lipinski definition) is 0. The Bertz CT molecular complexity index is 564. The SMILES string of the molecule is CC(=O)O[C@@H]1CC[C@H]2[C@@H]3CC[C@H]4CC=C(C)C[C@]4(C)[C@H]3CC[C@]12C. The minimum atomic E-state index is -0.0901. The van der Waals surface area contributed by atoms with Crippen molar-refractivity contribution in [2.75, 3.05) is 0 Å². The summed E-state index contributed by atoms with van der Waals surface area (Å²) in [5.74, 6) is 3.32. The summed E-state index contributed by atoms with van der Waals surface area (Å²) in [6, 6.07) is 0. The van der Waals surface area contributed by atoms with Crippen molar-refractivity contribution in [2.45, 2.75) is 85.2 Å². The number of hydrogen-bond acceptors (Lipinski definition) is 2. The van der Waals surface area contributed by atoms with Gasteiger partial charge in [0.15, 0.2) is 0 Å². The van der Waals surface area contributed by atoms with Crippen LogP contribution in [0.15, 0.2) is 11.6 Å². The van der Waals surface area contributed by atoms with Gasteiger partial charge in [0.05, 0.1) is 0 Å². The Kier molecular flexibility index (Phi) is 3.89. The Morgan fingerprint density at radius 2 is 1.83 bits per heavy atom. The molecule has 0 unspecified atom stereocenters. The summed E-state index contributed by atoms with van der Waals surface area (Å²) in [6.07, 6.45) is 13.1. The van der Waals surface area contributed by atoms with Gasteiger partial charge in [0.25, 0.3) is 0 Å². The first kappa shape index (κ1) is 16.7. The molecule has 3 fully saturated rings. The first-order valence-corrected chi connectivity index (χ1v) is 10.2. The van der Waals surface area contributed by atoms with E-state index in [4.69, 9.17) is 4.74 Å². The van der Waals surface area contributed by atoms with E-state index >= 15 is 0 Å². The highest BCUT2D eigenvalue weighted by Gasteiger charge is 2.60. The molecule has 0 bridgehead atoms. The van der Waals surface area contributed by atoms with E-state index in [9.17, 15) is 4.79 Å². The molecule has 0 N–H and O–H groups in total. The highest BCUT2D eigenvalue weighted by atomic mass is 16.5. The molecule has 4 aliphatic carbocycles. The number of allylic oxidation sites excluding steroid dienone is 2. The lowest BCUT2D eigenvalue weighted by molar-refractivity contribution is -0.160. The Labute approximate surface area is 147 Å². The second kappa shape index (κ2) is 5.61. The predicted molar refractivity (Wildman–Crippen MR) is 96.4 cm³/mol. The van der Waals surface area contributed by atoms with Crippen LogP contribution in [0.25, 0.3) is 0 Å². The molecular weight excluding hydrogens is 296 g/mol. The molecule has 2 heteroatoms. The van der Waals surface area contributed by atoms with Crippen LogP contribution in [-0.4, -0.2) is 12.1 Å². The zero-order valence-corrected chi connectivity index (χ0v) is 15.9. The summed E-state index contributed by atoms with van der Waals surface area (Å²) < 4.78 is 5.76. The summed E-state index contributed by atoms with van der Waals surface area (Å²) in [4.78, 5) is 11.5. The minimum Gasteiger partial charge on any atom is -0.462 e. The Morgan fingerprint density at radius 1 is 1.08 bits per heavy atom. The molecule has 0 aromatic heterocycles. The smallest absolute Gasteiger partial charge is 0.302 e. The second-order valence-corrected chi connectivity index (χ2v) is 9.84. The van der Waals surface area contributed by atoms with Gasteiger partial charge >= 0.3 is 5.97 Å². The quantitative estimate of drug-likeness (QED) is 0.467. The van der Waals surface area contributed by atoms with Crippen molar-refractivity contribution in [3.63, 3.8) is 0 Å². The standard InChI is InChI=1S/C22H34O2/c1-14-5-6-16-7-8-17-18-9-10-20(24-15(2)23)21(18,3)12-11-19(17)22(16,4)13-14/h5,16-20H,6-13H2,1-4H3/t16-,17+,18+,19+,20-,21+,22+/m1/s1. The van der Waals surface area contributed by atoms with Crippen molar-refractivity contribution < 1.29 is 9.53 Å². The second-order valence-electron chi connectivity index (χ2n) is 9.84. The number of ether oxygens (including phenoxy) is 1. The molecule has 0 aromatic rings. The molecule has 0 saturated heterocycles. The van der Waals surface area contributed by atoms with Gasteiger partial charge < -0.3 is 4.74 Å². The van der Waals surface area contributed by atoms with Gasteiger partial charge in [-0.2, -0.15) is 0 Å². The van der Waals surface area contributed by atoms with Gasteiger partial charge in [0.2, 0.25) is 0 Å². The molecular formula is C22H34O2. The molecule has 0 spiro atoms. The summed E-state index contributed by atoms with van der Waals surface area (Å²) >= 11 is 0. The van der Waals surface area contributed by atoms with Crippen molar-refractivity contribution in [1.82, 2.24) is 0 Å². The van der Waals surface area contributed by atoms with E-state index in [0.717, 1.165) is 30.1 Å². The number of fused-ring (bicyclic) bond motifs is 5. The van der Waals surface area contributed by atoms with E-state index in [2.05, 4.69) is 26.8 Å². The third kappa shape index (κ3) is 2.31. The van der Waals surface area contributed by atoms with Gasteiger partial charge in [-0.05, 0) is 87.4 Å². The molecule has 2 nitrogen and oxygen atoms in total. The molecule has 4 rings (SSSR count). The van der Waals surface area contributed by atoms with Gasteiger partial charge in [-0.1, -0.05) is 25.5 Å². The van der Waals surface area contributed by atoms with Crippen molar-refractivity contribution in [2.24, 2.45) is 34.5 Å². The van der Waals surface area contributed by atoms with Crippen molar-refractivity contribution in [3.8, 4) is 0 Å². The lowest BCUT2D eigenvalue weighted by Gasteiger charge is -2.60. The fraction of sp³-hybridized carbons (Fsp3) is 0.864. The van der Waals surface area contributed by atoms with E-state index in [1.165, 1.54) is 44.9 Å². The summed E-state index contributed by atoms with van der Waals surface area (Å²) in [7, 11) is 0. The Balaban J connectivity index is 1.60. The number of carbonyl (C=O) groups is 1. The van der Waals surface area contributed by atoms with Crippen LogP contribution in [0.2, 0.25) is 0 Å². The first-order valence-electron chi connectivity index (χ1n) is 10.2. The first-order chi connectivity index (χ1) is 11.3. The number of rotatable bonds is 1. The van der Waals surface area contributed by atoms with Crippen LogP contribution in [0.1, 0.15) is 79.1 Å². The molecule has 3 saturated carbocycles. The van der Waals surface area contributed by atoms with E-state index in [0.29, 0.717) is 5.41 Å². The molecule has 7 atom stereocenters. The maximum atomic E-state index is 11.5. The third-order valence-corrected chi connectivity index (χ3v) is 8.70. The van der Waals surface area contributed by atoms with Crippen LogP contribution in [0, 0.1) is 34.5 Å². The predicted octanol–water partition coefficient (Wildman–Crippen LogP) is 5.52. The largest absolute Gasteiger partial charge is 0.462 e. The van der Waals surface area contributed by atoms with Crippen molar-refractivity contribution in [3.05, 3.63) is 11.6 Å². The lowest BCUT2D eigenvalue weighted by Crippen LogP contribution is -2.53. The molecule has 0 amide bonds. The van der Waals surface area contributed by atoms with Gasteiger partial charge in [0, 0.05) is 12.3 Å². The fourth-order valence-electron chi connectivity index (χ4n) is 7.56. The van der Waals surface area contributed by atoms with Crippen molar-refractivity contribution >= 4 is 5.97 Å². The Hall–Kier alpha value is -0.790. The van der Waals surface area contributed by atoms with Crippen LogP contribution in [0.5, 0.6) is 0 Å². The van der Waals surface area contributed by atoms with Gasteiger partial charge in [-0.25, -0.2) is 0 Å². The average Bonchev–Trinajstić information content (AvgIpc) is 2.82.